The quantitative estimate of drug-likeness (QED) is 0.726. The van der Waals surface area contributed by atoms with Crippen LogP contribution in [0.4, 0.5) is 5.69 Å². The van der Waals surface area contributed by atoms with Gasteiger partial charge in [0, 0.05) is 12.0 Å². The Balaban J connectivity index is 0.00000210. The number of hydrogen-bond donors (Lipinski definition) is 1. The Hall–Kier alpha value is -1.85. The van der Waals surface area contributed by atoms with Crippen molar-refractivity contribution in [2.45, 2.75) is 38.3 Å². The molecule has 0 radical (unpaired) electrons. The molecule has 4 nitrogen and oxygen atoms in total. The highest BCUT2D eigenvalue weighted by Crippen LogP contribution is 2.39. The summed E-state index contributed by atoms with van der Waals surface area (Å²) in [5.41, 5.74) is 2.11. The smallest absolute Gasteiger partial charge is 0.275 e. The molecule has 0 bridgehead atoms. The summed E-state index contributed by atoms with van der Waals surface area (Å²) in [5, 5.41) is 11.9. The van der Waals surface area contributed by atoms with Crippen molar-refractivity contribution in [3.8, 4) is 5.75 Å². The minimum atomic E-state index is -1.06. The molecule has 5 heteroatoms. The molecule has 2 heterocycles. The summed E-state index contributed by atoms with van der Waals surface area (Å²) in [4.78, 5) is 2.18. The van der Waals surface area contributed by atoms with Gasteiger partial charge in [-0.1, -0.05) is 18.2 Å². The van der Waals surface area contributed by atoms with Crippen LogP contribution in [0.5, 0.6) is 5.75 Å². The normalized spacial score (nSPS) is 22.1. The number of aliphatic hydroxyl groups is 1. The summed E-state index contributed by atoms with van der Waals surface area (Å²) in [7, 11) is 1.67. The zero-order chi connectivity index (χ0) is 18.1. The third-order valence-corrected chi connectivity index (χ3v) is 5.64. The maximum Gasteiger partial charge on any atom is 0.275 e. The molecule has 2 aromatic carbocycles. The van der Waals surface area contributed by atoms with E-state index in [0.29, 0.717) is 6.54 Å². The maximum absolute atomic E-state index is 11.9. The van der Waals surface area contributed by atoms with E-state index >= 15 is 0 Å². The van der Waals surface area contributed by atoms with Gasteiger partial charge >= 0.3 is 0 Å². The number of methoxy groups -OCH3 is 1. The minimum absolute atomic E-state index is 0. The lowest BCUT2D eigenvalue weighted by Gasteiger charge is -2.30. The molecular formula is C22H27BrN2O2. The van der Waals surface area contributed by atoms with Gasteiger partial charge in [0.1, 0.15) is 11.4 Å². The second-order valence-corrected chi connectivity index (χ2v) is 7.32. The van der Waals surface area contributed by atoms with E-state index in [1.54, 1.807) is 7.11 Å². The Morgan fingerprint density at radius 1 is 1.04 bits per heavy atom. The van der Waals surface area contributed by atoms with Gasteiger partial charge in [-0.2, -0.15) is 4.90 Å². The average molecular weight is 431 g/mol. The molecule has 0 saturated carbocycles. The van der Waals surface area contributed by atoms with E-state index < -0.39 is 5.72 Å². The van der Waals surface area contributed by atoms with Crippen LogP contribution in [0, 0.1) is 6.92 Å². The summed E-state index contributed by atoms with van der Waals surface area (Å²) in [6.07, 6.45) is 4.62. The first-order valence-electron chi connectivity index (χ1n) is 9.47. The lowest BCUT2D eigenvalue weighted by Crippen LogP contribution is -3.00. The van der Waals surface area contributed by atoms with E-state index in [4.69, 9.17) is 4.74 Å². The first-order valence-corrected chi connectivity index (χ1v) is 9.47. The summed E-state index contributed by atoms with van der Waals surface area (Å²) in [6.45, 7) is 3.73. The van der Waals surface area contributed by atoms with Crippen LogP contribution in [-0.4, -0.2) is 35.7 Å². The van der Waals surface area contributed by atoms with Gasteiger partial charge in [-0.3, -0.25) is 4.58 Å². The number of hydrogen-bond acceptors (Lipinski definition) is 3. The number of anilines is 1. The Morgan fingerprint density at radius 2 is 1.78 bits per heavy atom. The van der Waals surface area contributed by atoms with Crippen LogP contribution in [0.25, 0.3) is 0 Å². The van der Waals surface area contributed by atoms with Gasteiger partial charge in [-0.05, 0) is 62.1 Å². The van der Waals surface area contributed by atoms with Gasteiger partial charge < -0.3 is 26.8 Å². The Labute approximate surface area is 171 Å². The van der Waals surface area contributed by atoms with Crippen LogP contribution >= 0.6 is 0 Å². The first kappa shape index (κ1) is 19.9. The van der Waals surface area contributed by atoms with Gasteiger partial charge in [-0.15, -0.1) is 0 Å². The molecule has 0 aromatic heterocycles. The topological polar surface area (TPSA) is 35.7 Å². The number of ether oxygens (including phenoxy) is 1. The van der Waals surface area contributed by atoms with Gasteiger partial charge in [0.2, 0.25) is 0 Å². The molecule has 0 spiro atoms. The molecule has 27 heavy (non-hydrogen) atoms. The standard InChI is InChI=1S/C22H27N2O2.BrH/c1-17-8-5-6-9-20(17)24-21-10-4-3-7-15-23(21)16-22(24,25)18-11-13-19(26-2)14-12-18;/h5-6,8-9,11-14,25H,3-4,7,10,15-16H2,1-2H3;1H/q+1;/p-1. The fraction of sp³-hybridized carbons (Fsp3) is 0.409. The molecule has 2 aliphatic rings. The molecule has 1 unspecified atom stereocenters. The zero-order valence-corrected chi connectivity index (χ0v) is 17.6. The van der Waals surface area contributed by atoms with Crippen molar-refractivity contribution in [3.05, 3.63) is 59.7 Å². The molecule has 0 aliphatic carbocycles. The minimum Gasteiger partial charge on any atom is -1.00 e. The van der Waals surface area contributed by atoms with E-state index in [9.17, 15) is 5.11 Å². The third kappa shape index (κ3) is 3.50. The fourth-order valence-corrected chi connectivity index (χ4v) is 4.25. The van der Waals surface area contributed by atoms with Gasteiger partial charge in [-0.25, -0.2) is 0 Å². The van der Waals surface area contributed by atoms with E-state index in [1.165, 1.54) is 30.7 Å². The van der Waals surface area contributed by atoms with E-state index in [1.807, 2.05) is 24.3 Å². The molecule has 1 N–H and O–H groups in total. The van der Waals surface area contributed by atoms with Gasteiger partial charge in [0.05, 0.1) is 13.7 Å². The summed E-state index contributed by atoms with van der Waals surface area (Å²) >= 11 is 0. The predicted molar refractivity (Wildman–Crippen MR) is 104 cm³/mol. The lowest BCUT2D eigenvalue weighted by molar-refractivity contribution is -0.534. The number of halogens is 1. The van der Waals surface area contributed by atoms with Crippen LogP contribution < -0.4 is 26.6 Å². The summed E-state index contributed by atoms with van der Waals surface area (Å²) in [6, 6.07) is 16.2. The Kier molecular flexibility index (Phi) is 5.92. The maximum atomic E-state index is 11.9. The van der Waals surface area contributed by atoms with Crippen molar-refractivity contribution in [2.75, 3.05) is 25.1 Å². The summed E-state index contributed by atoms with van der Waals surface area (Å²) < 4.78 is 7.67. The van der Waals surface area contributed by atoms with Crippen LogP contribution in [0.1, 0.15) is 36.8 Å². The first-order chi connectivity index (χ1) is 12.6. The van der Waals surface area contributed by atoms with E-state index in [-0.39, 0.29) is 17.0 Å². The SMILES string of the molecule is COc1ccc(C2(O)C[N+]3=C(CCCCC3)N2c2ccccc2C)cc1.[Br-]. The number of para-hydroxylation sites is 1. The molecule has 2 aliphatic heterocycles. The van der Waals surface area contributed by atoms with Crippen LogP contribution in [-0.2, 0) is 5.72 Å². The number of nitrogens with zero attached hydrogens (tertiary/aromatic N) is 2. The zero-order valence-electron chi connectivity index (χ0n) is 16.0. The molecule has 2 aromatic rings. The van der Waals surface area contributed by atoms with Crippen molar-refractivity contribution < 1.29 is 31.4 Å². The Morgan fingerprint density at radius 3 is 2.48 bits per heavy atom. The van der Waals surface area contributed by atoms with Crippen molar-refractivity contribution in [1.29, 1.82) is 0 Å². The van der Waals surface area contributed by atoms with E-state index in [2.05, 4.69) is 40.7 Å². The van der Waals surface area contributed by atoms with Crippen LogP contribution in [0.2, 0.25) is 0 Å². The number of aryl methyl sites for hydroxylation is 1. The molecule has 4 rings (SSSR count). The largest absolute Gasteiger partial charge is 1.00 e. The fourth-order valence-electron chi connectivity index (χ4n) is 4.25. The highest BCUT2D eigenvalue weighted by atomic mass is 79.9. The van der Waals surface area contributed by atoms with Crippen molar-refractivity contribution in [3.63, 3.8) is 0 Å². The van der Waals surface area contributed by atoms with Crippen LogP contribution in [0.15, 0.2) is 48.5 Å². The lowest BCUT2D eigenvalue weighted by atomic mass is 9.99. The Bertz CT molecular complexity index is 834. The number of amidine groups is 1. The van der Waals surface area contributed by atoms with Gasteiger partial charge in [0.25, 0.3) is 11.6 Å². The molecular weight excluding hydrogens is 404 g/mol. The predicted octanol–water partition coefficient (Wildman–Crippen LogP) is 0.658. The number of benzene rings is 2. The monoisotopic (exact) mass is 430 g/mol. The van der Waals surface area contributed by atoms with Crippen molar-refractivity contribution >= 4 is 11.5 Å². The highest BCUT2D eigenvalue weighted by Gasteiger charge is 2.54. The molecule has 0 saturated heterocycles. The molecule has 144 valence electrons. The van der Waals surface area contributed by atoms with Gasteiger partial charge in [0.15, 0.2) is 6.54 Å². The molecule has 1 atom stereocenters. The number of rotatable bonds is 3. The van der Waals surface area contributed by atoms with Crippen molar-refractivity contribution in [1.82, 2.24) is 0 Å². The third-order valence-electron chi connectivity index (χ3n) is 5.64. The second kappa shape index (κ2) is 8.03. The summed E-state index contributed by atoms with van der Waals surface area (Å²) in [5.74, 6) is 2.05. The van der Waals surface area contributed by atoms with Crippen molar-refractivity contribution in [2.24, 2.45) is 0 Å². The van der Waals surface area contributed by atoms with Crippen LogP contribution in [0.3, 0.4) is 0 Å². The molecule has 0 fully saturated rings. The molecule has 0 amide bonds. The van der Waals surface area contributed by atoms with E-state index in [0.717, 1.165) is 30.0 Å². The average Bonchev–Trinajstić information content (AvgIpc) is 2.80. The second-order valence-electron chi connectivity index (χ2n) is 7.32. The highest BCUT2D eigenvalue weighted by molar-refractivity contribution is 5.97.